The van der Waals surface area contributed by atoms with Crippen LogP contribution in [0.15, 0.2) is 53.7 Å². The molecular weight excluding hydrogens is 407 g/mol. The molecule has 0 unspecified atom stereocenters. The molecule has 1 spiro atoms. The summed E-state index contributed by atoms with van der Waals surface area (Å²) in [6.07, 6.45) is 5.89. The number of rotatable bonds is 4. The smallest absolute Gasteiger partial charge is 0.261 e. The van der Waals surface area contributed by atoms with E-state index < -0.39 is 21.3 Å². The Morgan fingerprint density at radius 1 is 1.20 bits per heavy atom. The zero-order valence-electron chi connectivity index (χ0n) is 16.1. The van der Waals surface area contributed by atoms with Crippen LogP contribution in [0.3, 0.4) is 0 Å². The van der Waals surface area contributed by atoms with Crippen molar-refractivity contribution in [1.82, 2.24) is 9.78 Å². The Morgan fingerprint density at radius 2 is 1.93 bits per heavy atom. The Kier molecular flexibility index (Phi) is 4.01. The summed E-state index contributed by atoms with van der Waals surface area (Å²) in [6.45, 7) is 0. The van der Waals surface area contributed by atoms with Crippen LogP contribution >= 0.6 is 0 Å². The van der Waals surface area contributed by atoms with Crippen LogP contribution in [-0.2, 0) is 27.3 Å². The van der Waals surface area contributed by atoms with E-state index in [2.05, 4.69) is 15.1 Å². The van der Waals surface area contributed by atoms with E-state index in [1.807, 2.05) is 6.20 Å². The predicted octanol–water partition coefficient (Wildman–Crippen LogP) is 3.40. The number of benzene rings is 2. The summed E-state index contributed by atoms with van der Waals surface area (Å²) >= 11 is 0. The second-order valence-corrected chi connectivity index (χ2v) is 9.48. The van der Waals surface area contributed by atoms with Crippen molar-refractivity contribution in [1.29, 1.82) is 0 Å². The molecule has 0 radical (unpaired) electrons. The van der Waals surface area contributed by atoms with Crippen molar-refractivity contribution in [2.24, 2.45) is 7.05 Å². The van der Waals surface area contributed by atoms with Gasteiger partial charge in [-0.3, -0.25) is 14.2 Å². The van der Waals surface area contributed by atoms with Gasteiger partial charge in [-0.2, -0.15) is 5.10 Å². The number of fused-ring (bicyclic) bond motifs is 2. The predicted molar refractivity (Wildman–Crippen MR) is 110 cm³/mol. The number of carbonyl (C=O) groups excluding carboxylic acids is 1. The van der Waals surface area contributed by atoms with Crippen molar-refractivity contribution < 1.29 is 17.6 Å². The molecule has 1 saturated carbocycles. The van der Waals surface area contributed by atoms with Crippen LogP contribution in [0.2, 0.25) is 0 Å². The van der Waals surface area contributed by atoms with Gasteiger partial charge >= 0.3 is 0 Å². The van der Waals surface area contributed by atoms with Crippen molar-refractivity contribution in [3.05, 3.63) is 60.2 Å². The highest BCUT2D eigenvalue weighted by molar-refractivity contribution is 7.92. The zero-order chi connectivity index (χ0) is 21.1. The summed E-state index contributed by atoms with van der Waals surface area (Å²) in [7, 11) is -2.14. The molecule has 0 bridgehead atoms. The Labute approximate surface area is 173 Å². The average Bonchev–Trinajstić information content (AvgIpc) is 3.21. The number of aromatic nitrogens is 2. The minimum absolute atomic E-state index is 0.0418. The summed E-state index contributed by atoms with van der Waals surface area (Å²) < 4.78 is 43.1. The van der Waals surface area contributed by atoms with Crippen LogP contribution in [0.5, 0.6) is 0 Å². The number of anilines is 2. The van der Waals surface area contributed by atoms with Gasteiger partial charge in [-0.25, -0.2) is 12.8 Å². The molecule has 3 aromatic rings. The number of aryl methyl sites for hydroxylation is 1. The van der Waals surface area contributed by atoms with Gasteiger partial charge < -0.3 is 5.32 Å². The molecule has 30 heavy (non-hydrogen) atoms. The molecule has 1 aromatic heterocycles. The van der Waals surface area contributed by atoms with Crippen LogP contribution in [0.1, 0.15) is 24.8 Å². The van der Waals surface area contributed by atoms with Gasteiger partial charge in [-0.15, -0.1) is 0 Å². The van der Waals surface area contributed by atoms with Crippen LogP contribution in [0, 0.1) is 5.82 Å². The molecule has 2 N–H and O–H groups in total. The van der Waals surface area contributed by atoms with Gasteiger partial charge in [-0.1, -0.05) is 6.42 Å². The van der Waals surface area contributed by atoms with Gasteiger partial charge in [0.1, 0.15) is 5.82 Å². The number of nitrogens with one attached hydrogen (secondary N) is 2. The quantitative estimate of drug-likeness (QED) is 0.669. The van der Waals surface area contributed by atoms with Crippen molar-refractivity contribution in [2.45, 2.75) is 29.6 Å². The van der Waals surface area contributed by atoms with Gasteiger partial charge in [0, 0.05) is 30.1 Å². The average molecular weight is 426 g/mol. The van der Waals surface area contributed by atoms with Gasteiger partial charge in [0.15, 0.2) is 0 Å². The summed E-state index contributed by atoms with van der Waals surface area (Å²) in [6, 6.07) is 8.05. The maximum Gasteiger partial charge on any atom is 0.261 e. The monoisotopic (exact) mass is 426 g/mol. The minimum atomic E-state index is -3.92. The third kappa shape index (κ3) is 2.80. The number of hydrogen-bond acceptors (Lipinski definition) is 4. The Hall–Kier alpha value is -3.20. The van der Waals surface area contributed by atoms with E-state index in [1.165, 1.54) is 12.1 Å². The Morgan fingerprint density at radius 3 is 2.53 bits per heavy atom. The summed E-state index contributed by atoms with van der Waals surface area (Å²) in [5.41, 5.74) is 2.72. The van der Waals surface area contributed by atoms with E-state index in [-0.39, 0.29) is 10.8 Å². The molecular formula is C21H19FN4O3S. The largest absolute Gasteiger partial charge is 0.324 e. The molecule has 0 atom stereocenters. The number of amides is 1. The first kappa shape index (κ1) is 18.8. The SMILES string of the molecule is Cn1cc(-c2cc(NS(=O)(=O)c3ccc(F)cc3)cc3c2NC(=O)C32CCC2)cn1. The number of sulfonamides is 1. The van der Waals surface area contributed by atoms with Gasteiger partial charge in [0.2, 0.25) is 5.91 Å². The van der Waals surface area contributed by atoms with E-state index in [4.69, 9.17) is 0 Å². The van der Waals surface area contributed by atoms with E-state index in [9.17, 15) is 17.6 Å². The van der Waals surface area contributed by atoms with Crippen molar-refractivity contribution in [3.63, 3.8) is 0 Å². The molecule has 9 heteroatoms. The number of nitrogens with zero attached hydrogens (tertiary/aromatic N) is 2. The first-order chi connectivity index (χ1) is 14.3. The van der Waals surface area contributed by atoms with E-state index in [1.54, 1.807) is 30.1 Å². The van der Waals surface area contributed by atoms with E-state index in [0.717, 1.165) is 42.5 Å². The lowest BCUT2D eigenvalue weighted by molar-refractivity contribution is -0.123. The first-order valence-electron chi connectivity index (χ1n) is 9.56. The molecule has 1 amide bonds. The van der Waals surface area contributed by atoms with Crippen LogP contribution < -0.4 is 10.0 Å². The van der Waals surface area contributed by atoms with Crippen molar-refractivity contribution in [3.8, 4) is 11.1 Å². The molecule has 0 saturated heterocycles. The lowest BCUT2D eigenvalue weighted by atomic mass is 9.65. The third-order valence-corrected chi connectivity index (χ3v) is 7.32. The molecule has 1 aliphatic carbocycles. The highest BCUT2D eigenvalue weighted by atomic mass is 32.2. The fourth-order valence-electron chi connectivity index (χ4n) is 4.21. The maximum atomic E-state index is 13.2. The minimum Gasteiger partial charge on any atom is -0.324 e. The normalized spacial score (nSPS) is 16.8. The lowest BCUT2D eigenvalue weighted by Gasteiger charge is -2.36. The summed E-state index contributed by atoms with van der Waals surface area (Å²) in [5, 5.41) is 7.20. The molecule has 2 aliphatic rings. The molecule has 5 rings (SSSR count). The van der Waals surface area contributed by atoms with Gasteiger partial charge in [0.05, 0.1) is 22.2 Å². The standard InChI is InChI=1S/C21H19FN4O3S/c1-26-12-13(11-23-26)17-9-15(25-30(28,29)16-5-3-14(22)4-6-16)10-18-19(17)24-20(27)21(18)7-2-8-21/h3-6,9-12,25H,2,7-8H2,1H3,(H,24,27). The molecule has 2 aromatic carbocycles. The molecule has 2 heterocycles. The maximum absolute atomic E-state index is 13.2. The number of carbonyl (C=O) groups is 1. The summed E-state index contributed by atoms with van der Waals surface area (Å²) in [4.78, 5) is 12.7. The van der Waals surface area contributed by atoms with Gasteiger partial charge in [-0.05, 0) is 54.8 Å². The topological polar surface area (TPSA) is 93.1 Å². The lowest BCUT2D eigenvalue weighted by Crippen LogP contribution is -2.40. The first-order valence-corrected chi connectivity index (χ1v) is 11.0. The van der Waals surface area contributed by atoms with Crippen LogP contribution in [-0.4, -0.2) is 24.1 Å². The second-order valence-electron chi connectivity index (χ2n) is 7.80. The number of halogens is 1. The number of hydrogen-bond donors (Lipinski definition) is 2. The molecule has 7 nitrogen and oxygen atoms in total. The van der Waals surface area contributed by atoms with Crippen LogP contribution in [0.25, 0.3) is 11.1 Å². The zero-order valence-corrected chi connectivity index (χ0v) is 17.0. The molecule has 1 aliphatic heterocycles. The van der Waals surface area contributed by atoms with E-state index >= 15 is 0 Å². The van der Waals surface area contributed by atoms with Crippen molar-refractivity contribution in [2.75, 3.05) is 10.0 Å². The molecule has 1 fully saturated rings. The van der Waals surface area contributed by atoms with Crippen LogP contribution in [0.4, 0.5) is 15.8 Å². The second kappa shape index (κ2) is 6.40. The molecule has 154 valence electrons. The highest BCUT2D eigenvalue weighted by Crippen LogP contribution is 2.54. The Bertz CT molecular complexity index is 1280. The highest BCUT2D eigenvalue weighted by Gasteiger charge is 2.52. The third-order valence-electron chi connectivity index (χ3n) is 5.93. The summed E-state index contributed by atoms with van der Waals surface area (Å²) in [5.74, 6) is -0.561. The van der Waals surface area contributed by atoms with Gasteiger partial charge in [0.25, 0.3) is 10.0 Å². The van der Waals surface area contributed by atoms with E-state index in [0.29, 0.717) is 16.9 Å². The Balaban J connectivity index is 1.63. The fourth-order valence-corrected chi connectivity index (χ4v) is 5.25. The fraction of sp³-hybridized carbons (Fsp3) is 0.238. The van der Waals surface area contributed by atoms with Crippen molar-refractivity contribution >= 4 is 27.3 Å².